The monoisotopic (exact) mass is 335 g/mol. The first-order valence-corrected chi connectivity index (χ1v) is 7.73. The van der Waals surface area contributed by atoms with E-state index in [0.29, 0.717) is 37.2 Å². The van der Waals surface area contributed by atoms with E-state index in [9.17, 15) is 4.39 Å². The van der Waals surface area contributed by atoms with Crippen molar-refractivity contribution >= 4 is 5.96 Å². The Hall–Kier alpha value is -2.64. The summed E-state index contributed by atoms with van der Waals surface area (Å²) in [7, 11) is 1.68. The molecule has 0 aliphatic rings. The van der Waals surface area contributed by atoms with Crippen molar-refractivity contribution < 1.29 is 13.7 Å². The number of aromatic nitrogens is 2. The molecule has 130 valence electrons. The Labute approximate surface area is 140 Å². The molecule has 8 heteroatoms. The predicted molar refractivity (Wildman–Crippen MR) is 88.6 cm³/mol. The maximum Gasteiger partial charge on any atom is 0.228 e. The molecular weight excluding hydrogens is 313 g/mol. The lowest BCUT2D eigenvalue weighted by Gasteiger charge is -2.17. The minimum absolute atomic E-state index is 0.223. The van der Waals surface area contributed by atoms with Crippen LogP contribution in [0.15, 0.2) is 33.8 Å². The third kappa shape index (κ3) is 5.53. The van der Waals surface area contributed by atoms with Crippen molar-refractivity contribution in [3.05, 3.63) is 41.8 Å². The van der Waals surface area contributed by atoms with Gasteiger partial charge < -0.3 is 19.9 Å². The van der Waals surface area contributed by atoms with Gasteiger partial charge in [-0.15, -0.1) is 0 Å². The fourth-order valence-electron chi connectivity index (χ4n) is 1.99. The third-order valence-corrected chi connectivity index (χ3v) is 3.15. The van der Waals surface area contributed by atoms with Gasteiger partial charge >= 0.3 is 0 Å². The topological polar surface area (TPSA) is 84.6 Å². The minimum Gasteiger partial charge on any atom is -0.486 e. The summed E-state index contributed by atoms with van der Waals surface area (Å²) in [6.07, 6.45) is 0.377. The van der Waals surface area contributed by atoms with Gasteiger partial charge in [0, 0.05) is 20.0 Å². The van der Waals surface area contributed by atoms with Gasteiger partial charge in [0.25, 0.3) is 0 Å². The lowest BCUT2D eigenvalue weighted by Crippen LogP contribution is -2.42. The zero-order valence-corrected chi connectivity index (χ0v) is 14.0. The van der Waals surface area contributed by atoms with E-state index in [1.54, 1.807) is 32.2 Å². The van der Waals surface area contributed by atoms with Crippen LogP contribution in [0, 0.1) is 12.7 Å². The molecule has 1 atom stereocenters. The maximum atomic E-state index is 13.5. The van der Waals surface area contributed by atoms with E-state index in [1.807, 2.05) is 6.92 Å². The number of aryl methyl sites for hydroxylation is 1. The summed E-state index contributed by atoms with van der Waals surface area (Å²) < 4.78 is 24.1. The first kappa shape index (κ1) is 17.7. The highest BCUT2D eigenvalue weighted by atomic mass is 19.1. The van der Waals surface area contributed by atoms with Crippen molar-refractivity contribution in [1.82, 2.24) is 20.8 Å². The summed E-state index contributed by atoms with van der Waals surface area (Å²) >= 11 is 0. The summed E-state index contributed by atoms with van der Waals surface area (Å²) in [5, 5.41) is 10.00. The van der Waals surface area contributed by atoms with Crippen LogP contribution in [0.1, 0.15) is 18.6 Å². The van der Waals surface area contributed by atoms with E-state index in [2.05, 4.69) is 25.8 Å². The van der Waals surface area contributed by atoms with Crippen LogP contribution >= 0.6 is 0 Å². The van der Waals surface area contributed by atoms with Gasteiger partial charge in [-0.2, -0.15) is 4.98 Å². The molecule has 0 saturated carbocycles. The van der Waals surface area contributed by atoms with E-state index in [4.69, 9.17) is 9.26 Å². The number of rotatable bonds is 7. The van der Waals surface area contributed by atoms with Gasteiger partial charge in [0.2, 0.25) is 5.89 Å². The third-order valence-electron chi connectivity index (χ3n) is 3.15. The number of hydrogen-bond acceptors (Lipinski definition) is 5. The molecule has 0 aliphatic carbocycles. The van der Waals surface area contributed by atoms with Crippen molar-refractivity contribution in [1.29, 1.82) is 0 Å². The summed E-state index contributed by atoms with van der Waals surface area (Å²) in [6.45, 7) is 4.71. The van der Waals surface area contributed by atoms with Crippen molar-refractivity contribution in [3.63, 3.8) is 0 Å². The molecule has 2 N–H and O–H groups in total. The highest BCUT2D eigenvalue weighted by molar-refractivity contribution is 5.79. The summed E-state index contributed by atoms with van der Waals surface area (Å²) in [4.78, 5) is 8.25. The molecule has 24 heavy (non-hydrogen) atoms. The van der Waals surface area contributed by atoms with E-state index in [1.165, 1.54) is 6.07 Å². The lowest BCUT2D eigenvalue weighted by molar-refractivity contribution is 0.214. The first-order valence-electron chi connectivity index (χ1n) is 7.73. The van der Waals surface area contributed by atoms with Gasteiger partial charge in [-0.3, -0.25) is 4.99 Å². The number of aliphatic imine (C=N–C) groups is 1. The number of benzene rings is 1. The lowest BCUT2D eigenvalue weighted by atomic mass is 10.3. The van der Waals surface area contributed by atoms with Crippen LogP contribution in [0.4, 0.5) is 4.39 Å². The van der Waals surface area contributed by atoms with Gasteiger partial charge in [-0.1, -0.05) is 17.3 Å². The number of hydrogen-bond donors (Lipinski definition) is 2. The molecule has 0 fully saturated rings. The molecule has 0 radical (unpaired) electrons. The van der Waals surface area contributed by atoms with Crippen molar-refractivity contribution in [2.75, 3.05) is 20.1 Å². The van der Waals surface area contributed by atoms with Crippen molar-refractivity contribution in [3.8, 4) is 5.75 Å². The van der Waals surface area contributed by atoms with Crippen LogP contribution in [-0.2, 0) is 6.42 Å². The van der Waals surface area contributed by atoms with E-state index in [0.717, 1.165) is 0 Å². The molecule has 2 aromatic rings. The molecule has 7 nitrogen and oxygen atoms in total. The highest BCUT2D eigenvalue weighted by Gasteiger charge is 2.09. The Morgan fingerprint density at radius 3 is 2.83 bits per heavy atom. The Morgan fingerprint density at radius 2 is 2.17 bits per heavy atom. The molecular formula is C16H22FN5O2. The van der Waals surface area contributed by atoms with Gasteiger partial charge in [0.15, 0.2) is 23.4 Å². The molecule has 0 amide bonds. The number of nitrogens with one attached hydrogen (secondary N) is 2. The quantitative estimate of drug-likeness (QED) is 0.592. The average molecular weight is 335 g/mol. The molecule has 0 bridgehead atoms. The second-order valence-corrected chi connectivity index (χ2v) is 5.22. The van der Waals surface area contributed by atoms with Crippen LogP contribution in [0.25, 0.3) is 0 Å². The summed E-state index contributed by atoms with van der Waals surface area (Å²) in [5.74, 6) is 1.68. The minimum atomic E-state index is -0.373. The standard InChI is InChI=1S/C16H22FN5O2/c1-11(23-14-7-5-4-6-13(14)17)10-20-16(18-3)19-9-8-15-21-12(2)22-24-15/h4-7,11H,8-10H2,1-3H3,(H2,18,19,20). The molecule has 0 spiro atoms. The molecule has 0 saturated heterocycles. The predicted octanol–water partition coefficient (Wildman–Crippen LogP) is 1.69. The van der Waals surface area contributed by atoms with E-state index < -0.39 is 0 Å². The highest BCUT2D eigenvalue weighted by Crippen LogP contribution is 2.16. The Morgan fingerprint density at radius 1 is 1.38 bits per heavy atom. The van der Waals surface area contributed by atoms with Crippen LogP contribution in [0.3, 0.4) is 0 Å². The SMILES string of the molecule is CN=C(NCCc1nc(C)no1)NCC(C)Oc1ccccc1F. The number of ether oxygens (including phenoxy) is 1. The summed E-state index contributed by atoms with van der Waals surface area (Å²) in [6, 6.07) is 6.33. The Balaban J connectivity index is 1.71. The van der Waals surface area contributed by atoms with Gasteiger partial charge in [0.1, 0.15) is 6.10 Å². The largest absolute Gasteiger partial charge is 0.486 e. The number of para-hydroxylation sites is 1. The smallest absolute Gasteiger partial charge is 0.228 e. The van der Waals surface area contributed by atoms with Crippen LogP contribution in [0.5, 0.6) is 5.75 Å². The summed E-state index contributed by atoms with van der Waals surface area (Å²) in [5.41, 5.74) is 0. The molecule has 1 heterocycles. The van der Waals surface area contributed by atoms with E-state index >= 15 is 0 Å². The van der Waals surface area contributed by atoms with Crippen LogP contribution in [-0.4, -0.2) is 42.3 Å². The van der Waals surface area contributed by atoms with E-state index in [-0.39, 0.29) is 17.7 Å². The van der Waals surface area contributed by atoms with Gasteiger partial charge in [-0.05, 0) is 26.0 Å². The fraction of sp³-hybridized carbons (Fsp3) is 0.438. The van der Waals surface area contributed by atoms with Crippen molar-refractivity contribution in [2.24, 2.45) is 4.99 Å². The van der Waals surface area contributed by atoms with Crippen molar-refractivity contribution in [2.45, 2.75) is 26.4 Å². The molecule has 0 aliphatic heterocycles. The normalized spacial score (nSPS) is 12.8. The molecule has 1 unspecified atom stereocenters. The Bertz CT molecular complexity index is 674. The number of nitrogens with zero attached hydrogens (tertiary/aromatic N) is 3. The second-order valence-electron chi connectivity index (χ2n) is 5.22. The Kier molecular flexibility index (Phi) is 6.53. The van der Waals surface area contributed by atoms with Gasteiger partial charge in [0.05, 0.1) is 6.54 Å². The van der Waals surface area contributed by atoms with Gasteiger partial charge in [-0.25, -0.2) is 4.39 Å². The number of guanidine groups is 1. The van der Waals surface area contributed by atoms with Crippen LogP contribution < -0.4 is 15.4 Å². The molecule has 2 rings (SSSR count). The fourth-order valence-corrected chi connectivity index (χ4v) is 1.99. The zero-order valence-electron chi connectivity index (χ0n) is 14.0. The second kappa shape index (κ2) is 8.85. The maximum absolute atomic E-state index is 13.5. The molecule has 1 aromatic carbocycles. The van der Waals surface area contributed by atoms with Crippen LogP contribution in [0.2, 0.25) is 0 Å². The molecule has 1 aromatic heterocycles. The number of halogens is 1. The zero-order chi connectivity index (χ0) is 17.4. The average Bonchev–Trinajstić information content (AvgIpc) is 2.98. The first-order chi connectivity index (χ1) is 11.6.